The van der Waals surface area contributed by atoms with Crippen LogP contribution in [0.2, 0.25) is 0 Å². The van der Waals surface area contributed by atoms with Gasteiger partial charge in [-0.3, -0.25) is 0 Å². The molecule has 0 rings (SSSR count). The van der Waals surface area contributed by atoms with Gasteiger partial charge in [-0.2, -0.15) is 0 Å². The zero-order valence-electron chi connectivity index (χ0n) is 6.71. The van der Waals surface area contributed by atoms with Gasteiger partial charge in [0.1, 0.15) is 0 Å². The summed E-state index contributed by atoms with van der Waals surface area (Å²) in [5.41, 5.74) is 0. The minimum absolute atomic E-state index is 0. The first-order chi connectivity index (χ1) is 3.91. The molecule has 0 aromatic carbocycles. The molecule has 0 aliphatic carbocycles. The molecule has 0 spiro atoms. The van der Waals surface area contributed by atoms with Crippen molar-refractivity contribution < 1.29 is 29.5 Å². The van der Waals surface area contributed by atoms with Gasteiger partial charge < -0.3 is 12.4 Å². The fourth-order valence-electron chi connectivity index (χ4n) is 0.780. The number of halogens is 1. The first-order valence-corrected chi connectivity index (χ1v) is 3.71. The molecule has 2 radical (unpaired) electrons. The Labute approximate surface area is 82.0 Å². The molecule has 0 amide bonds. The van der Waals surface area contributed by atoms with E-state index in [-0.39, 0.29) is 29.5 Å². The Bertz CT molecular complexity index is 34.2. The number of hydrogen-bond acceptors (Lipinski definition) is 0. The summed E-state index contributed by atoms with van der Waals surface area (Å²) in [5.74, 6) is 0. The van der Waals surface area contributed by atoms with Crippen molar-refractivity contribution in [2.24, 2.45) is 0 Å². The third-order valence-electron chi connectivity index (χ3n) is 1.35. The molecular formula is C8H17ClMn-. The van der Waals surface area contributed by atoms with Gasteiger partial charge in [-0.05, 0) is 0 Å². The first kappa shape index (κ1) is 17.1. The van der Waals surface area contributed by atoms with Gasteiger partial charge in [0.15, 0.2) is 0 Å². The van der Waals surface area contributed by atoms with Crippen LogP contribution in [0.5, 0.6) is 0 Å². The number of unbranched alkanes of at least 4 members (excludes halogenated alkanes) is 5. The van der Waals surface area contributed by atoms with E-state index in [2.05, 4.69) is 13.8 Å². The molecule has 64 valence electrons. The third kappa shape index (κ3) is 15.9. The van der Waals surface area contributed by atoms with Crippen molar-refractivity contribution >= 4 is 0 Å². The average Bonchev–Trinajstić information content (AvgIpc) is 1.81. The van der Waals surface area contributed by atoms with E-state index in [1.807, 2.05) is 0 Å². The summed E-state index contributed by atoms with van der Waals surface area (Å²) < 4.78 is 0. The summed E-state index contributed by atoms with van der Waals surface area (Å²) >= 11 is 0. The summed E-state index contributed by atoms with van der Waals surface area (Å²) in [7, 11) is 0. The van der Waals surface area contributed by atoms with E-state index in [4.69, 9.17) is 0 Å². The molecule has 0 N–H and O–H groups in total. The molecule has 10 heavy (non-hydrogen) atoms. The molecule has 0 fully saturated rings. The van der Waals surface area contributed by atoms with Gasteiger partial charge in [-0.1, -0.05) is 52.4 Å². The molecule has 0 bridgehead atoms. The fourth-order valence-corrected chi connectivity index (χ4v) is 0.780. The Morgan fingerprint density at radius 3 is 1.90 bits per heavy atom. The van der Waals surface area contributed by atoms with Crippen molar-refractivity contribution in [3.8, 4) is 0 Å². The van der Waals surface area contributed by atoms with Crippen molar-refractivity contribution in [2.75, 3.05) is 0 Å². The number of hydrogen-bond donors (Lipinski definition) is 0. The molecule has 0 aliphatic heterocycles. The minimum Gasteiger partial charge on any atom is -1.00 e. The molecule has 0 nitrogen and oxygen atoms in total. The normalized spacial score (nSPS) is 7.80. The molecule has 0 saturated heterocycles. The van der Waals surface area contributed by atoms with E-state index >= 15 is 0 Å². The molecule has 2 heteroatoms. The van der Waals surface area contributed by atoms with E-state index in [9.17, 15) is 0 Å². The summed E-state index contributed by atoms with van der Waals surface area (Å²) in [6.07, 6.45) is 7.98. The van der Waals surface area contributed by atoms with E-state index in [1.165, 1.54) is 32.1 Å². The van der Waals surface area contributed by atoms with Crippen LogP contribution in [0.4, 0.5) is 0 Å². The van der Waals surface area contributed by atoms with E-state index in [1.54, 1.807) is 0 Å². The van der Waals surface area contributed by atoms with Gasteiger partial charge in [-0.25, -0.2) is 0 Å². The van der Waals surface area contributed by atoms with Crippen molar-refractivity contribution in [1.82, 2.24) is 0 Å². The van der Waals surface area contributed by atoms with Gasteiger partial charge in [-0.15, -0.1) is 0 Å². The Hall–Kier alpha value is 0.809. The van der Waals surface area contributed by atoms with E-state index in [0.29, 0.717) is 0 Å². The van der Waals surface area contributed by atoms with Crippen LogP contribution in [0.25, 0.3) is 0 Å². The van der Waals surface area contributed by atoms with Crippen LogP contribution in [-0.4, -0.2) is 0 Å². The Balaban J connectivity index is -0.000000245. The standard InChI is InChI=1S/C8H17.ClH.Mn/c1-3-5-7-8-6-4-2;;/h1,3-8H2,2H3;1H;/p-1. The SMILES string of the molecule is [CH2]CCCCCCC.[Cl-].[Mn]. The Morgan fingerprint density at radius 1 is 1.00 bits per heavy atom. The van der Waals surface area contributed by atoms with Crippen molar-refractivity contribution in [1.29, 1.82) is 0 Å². The summed E-state index contributed by atoms with van der Waals surface area (Å²) in [4.78, 5) is 0. The monoisotopic (exact) mass is 203 g/mol. The van der Waals surface area contributed by atoms with Gasteiger partial charge in [0.05, 0.1) is 0 Å². The fraction of sp³-hybridized carbons (Fsp3) is 0.875. The predicted octanol–water partition coefficient (Wildman–Crippen LogP) is 0.182. The minimum atomic E-state index is 0. The maximum Gasteiger partial charge on any atom is 0 e. The molecular weight excluding hydrogens is 186 g/mol. The van der Waals surface area contributed by atoms with Gasteiger partial charge >= 0.3 is 0 Å². The van der Waals surface area contributed by atoms with Crippen LogP contribution < -0.4 is 12.4 Å². The second kappa shape index (κ2) is 16.4. The zero-order valence-corrected chi connectivity index (χ0v) is 8.64. The largest absolute Gasteiger partial charge is 1.00 e. The van der Waals surface area contributed by atoms with Gasteiger partial charge in [0.25, 0.3) is 0 Å². The molecule has 0 aliphatic rings. The maximum absolute atomic E-state index is 3.78. The quantitative estimate of drug-likeness (QED) is 0.442. The van der Waals surface area contributed by atoms with Crippen LogP contribution in [-0.2, 0) is 17.1 Å². The topological polar surface area (TPSA) is 0 Å². The van der Waals surface area contributed by atoms with E-state index < -0.39 is 0 Å². The molecule has 0 aromatic heterocycles. The van der Waals surface area contributed by atoms with Crippen LogP contribution >= 0.6 is 0 Å². The molecule has 0 saturated carbocycles. The first-order valence-electron chi connectivity index (χ1n) is 3.71. The van der Waals surface area contributed by atoms with Crippen LogP contribution in [0.3, 0.4) is 0 Å². The second-order valence-corrected chi connectivity index (χ2v) is 2.27. The third-order valence-corrected chi connectivity index (χ3v) is 1.35. The molecule has 0 aromatic rings. The number of rotatable bonds is 5. The van der Waals surface area contributed by atoms with Crippen LogP contribution in [0, 0.1) is 6.92 Å². The summed E-state index contributed by atoms with van der Waals surface area (Å²) in [6.45, 7) is 6.02. The Kier molecular flexibility index (Phi) is 28.0. The van der Waals surface area contributed by atoms with Crippen LogP contribution in [0.15, 0.2) is 0 Å². The van der Waals surface area contributed by atoms with Gasteiger partial charge in [0.2, 0.25) is 0 Å². The molecule has 0 unspecified atom stereocenters. The van der Waals surface area contributed by atoms with E-state index in [0.717, 1.165) is 6.42 Å². The van der Waals surface area contributed by atoms with Crippen molar-refractivity contribution in [3.05, 3.63) is 6.92 Å². The van der Waals surface area contributed by atoms with Crippen molar-refractivity contribution in [3.63, 3.8) is 0 Å². The smallest absolute Gasteiger partial charge is 0 e. The summed E-state index contributed by atoms with van der Waals surface area (Å²) in [5, 5.41) is 0. The predicted molar refractivity (Wildman–Crippen MR) is 38.7 cm³/mol. The van der Waals surface area contributed by atoms with Crippen LogP contribution in [0.1, 0.15) is 45.4 Å². The molecule has 0 atom stereocenters. The maximum atomic E-state index is 3.78. The average molecular weight is 204 g/mol. The zero-order chi connectivity index (χ0) is 6.24. The second-order valence-electron chi connectivity index (χ2n) is 2.27. The van der Waals surface area contributed by atoms with Crippen molar-refractivity contribution in [2.45, 2.75) is 45.4 Å². The Morgan fingerprint density at radius 2 is 1.50 bits per heavy atom. The van der Waals surface area contributed by atoms with Gasteiger partial charge in [0, 0.05) is 17.1 Å². The summed E-state index contributed by atoms with van der Waals surface area (Å²) in [6, 6.07) is 0. The molecule has 0 heterocycles.